The quantitative estimate of drug-likeness (QED) is 0.447. The van der Waals surface area contributed by atoms with Gasteiger partial charge in [0.05, 0.1) is 17.6 Å². The Morgan fingerprint density at radius 1 is 1.03 bits per heavy atom. The van der Waals surface area contributed by atoms with E-state index < -0.39 is 5.82 Å². The Labute approximate surface area is 173 Å². The highest BCUT2D eigenvalue weighted by Crippen LogP contribution is 2.50. The molecule has 0 heterocycles. The van der Waals surface area contributed by atoms with Crippen molar-refractivity contribution in [2.75, 3.05) is 0 Å². The third kappa shape index (κ3) is 4.49. The van der Waals surface area contributed by atoms with Crippen LogP contribution in [0.1, 0.15) is 76.7 Å². The van der Waals surface area contributed by atoms with Crippen LogP contribution in [0.15, 0.2) is 18.2 Å². The molecule has 29 heavy (non-hydrogen) atoms. The number of nitriles is 1. The molecule has 156 valence electrons. The van der Waals surface area contributed by atoms with E-state index >= 15 is 0 Å². The van der Waals surface area contributed by atoms with Crippen molar-refractivity contribution >= 4 is 5.97 Å². The molecule has 0 bridgehead atoms. The number of rotatable bonds is 3. The number of nitrogens with zero attached hydrogens (tertiary/aromatic N) is 1. The van der Waals surface area contributed by atoms with Crippen molar-refractivity contribution in [2.24, 2.45) is 35.5 Å². The Morgan fingerprint density at radius 3 is 2.52 bits per heavy atom. The molecule has 0 spiro atoms. The van der Waals surface area contributed by atoms with Crippen LogP contribution in [0.2, 0.25) is 0 Å². The second-order valence-electron chi connectivity index (χ2n) is 9.73. The normalized spacial score (nSPS) is 34.7. The van der Waals surface area contributed by atoms with Crippen LogP contribution in [0.4, 0.5) is 4.39 Å². The van der Waals surface area contributed by atoms with Gasteiger partial charge in [0, 0.05) is 0 Å². The van der Waals surface area contributed by atoms with Gasteiger partial charge in [-0.25, -0.2) is 4.39 Å². The van der Waals surface area contributed by atoms with Crippen LogP contribution < -0.4 is 4.74 Å². The minimum atomic E-state index is -0.639. The molecule has 3 saturated carbocycles. The number of hydrogen-bond donors (Lipinski definition) is 0. The van der Waals surface area contributed by atoms with Gasteiger partial charge in [0.15, 0.2) is 11.6 Å². The van der Waals surface area contributed by atoms with Crippen LogP contribution in [0, 0.1) is 52.7 Å². The highest BCUT2D eigenvalue weighted by atomic mass is 19.1. The van der Waals surface area contributed by atoms with E-state index in [0.29, 0.717) is 11.8 Å². The van der Waals surface area contributed by atoms with Crippen molar-refractivity contribution in [3.05, 3.63) is 29.6 Å². The van der Waals surface area contributed by atoms with Gasteiger partial charge in [-0.05, 0) is 86.3 Å². The summed E-state index contributed by atoms with van der Waals surface area (Å²) < 4.78 is 19.6. The number of carbonyl (C=O) groups is 1. The van der Waals surface area contributed by atoms with Gasteiger partial charge in [-0.2, -0.15) is 5.26 Å². The second-order valence-corrected chi connectivity index (χ2v) is 9.73. The Hall–Kier alpha value is -1.89. The zero-order valence-corrected chi connectivity index (χ0v) is 17.4. The molecule has 1 aromatic rings. The van der Waals surface area contributed by atoms with Gasteiger partial charge in [-0.1, -0.05) is 32.6 Å². The van der Waals surface area contributed by atoms with Crippen molar-refractivity contribution in [1.82, 2.24) is 0 Å². The Kier molecular flexibility index (Phi) is 6.23. The van der Waals surface area contributed by atoms with E-state index in [4.69, 9.17) is 10.00 Å². The molecule has 1 aromatic carbocycles. The Morgan fingerprint density at radius 2 is 1.79 bits per heavy atom. The van der Waals surface area contributed by atoms with Crippen molar-refractivity contribution in [2.45, 2.75) is 71.1 Å². The third-order valence-electron chi connectivity index (χ3n) is 7.99. The predicted octanol–water partition coefficient (Wildman–Crippen LogP) is 6.26. The number of halogens is 1. The Bertz CT molecular complexity index is 778. The van der Waals surface area contributed by atoms with Crippen molar-refractivity contribution in [1.29, 1.82) is 5.26 Å². The van der Waals surface area contributed by atoms with E-state index in [2.05, 4.69) is 6.92 Å². The maximum absolute atomic E-state index is 14.2. The number of fused-ring (bicyclic) bond motifs is 1. The van der Waals surface area contributed by atoms with Crippen LogP contribution in [-0.4, -0.2) is 5.97 Å². The summed E-state index contributed by atoms with van der Waals surface area (Å²) in [7, 11) is 0. The van der Waals surface area contributed by atoms with Crippen molar-refractivity contribution < 1.29 is 13.9 Å². The smallest absolute Gasteiger partial charge is 0.314 e. The first-order valence-electron chi connectivity index (χ1n) is 11.5. The molecule has 3 aliphatic rings. The van der Waals surface area contributed by atoms with Gasteiger partial charge in [-0.3, -0.25) is 4.79 Å². The van der Waals surface area contributed by atoms with Crippen LogP contribution in [0.5, 0.6) is 5.75 Å². The van der Waals surface area contributed by atoms with Gasteiger partial charge in [0.25, 0.3) is 0 Å². The summed E-state index contributed by atoms with van der Waals surface area (Å²) in [5, 5.41) is 8.87. The topological polar surface area (TPSA) is 50.1 Å². The lowest BCUT2D eigenvalue weighted by atomic mass is 9.59. The molecule has 0 aliphatic heterocycles. The van der Waals surface area contributed by atoms with Crippen LogP contribution in [0.3, 0.4) is 0 Å². The first-order valence-corrected chi connectivity index (χ1v) is 11.5. The zero-order valence-electron chi connectivity index (χ0n) is 17.4. The first kappa shape index (κ1) is 20.4. The van der Waals surface area contributed by atoms with Crippen LogP contribution in [0.25, 0.3) is 0 Å². The molecule has 0 amide bonds. The maximum Gasteiger partial charge on any atom is 0.314 e. The number of ether oxygens (including phenoxy) is 1. The lowest BCUT2D eigenvalue weighted by Crippen LogP contribution is -2.40. The zero-order chi connectivity index (χ0) is 20.4. The number of hydrogen-bond acceptors (Lipinski definition) is 3. The standard InChI is InChI=1S/C25H32FNO2/c1-16-5-8-18(9-6-16)19-10-11-21-20(14-19)3-2-4-22(21)25(28)29-24-12-7-17(15-27)13-23(24)26/h7,12-13,16,18-22H,2-6,8-11,14H2,1H3. The van der Waals surface area contributed by atoms with Gasteiger partial charge >= 0.3 is 5.97 Å². The van der Waals surface area contributed by atoms with Crippen molar-refractivity contribution in [3.63, 3.8) is 0 Å². The average molecular weight is 398 g/mol. The summed E-state index contributed by atoms with van der Waals surface area (Å²) in [6.45, 7) is 2.38. The molecule has 3 fully saturated rings. The molecular weight excluding hydrogens is 365 g/mol. The molecule has 4 heteroatoms. The molecule has 0 aromatic heterocycles. The fourth-order valence-electron chi connectivity index (χ4n) is 6.31. The molecule has 0 radical (unpaired) electrons. The molecule has 4 atom stereocenters. The van der Waals surface area contributed by atoms with E-state index in [-0.39, 0.29) is 23.2 Å². The van der Waals surface area contributed by atoms with E-state index in [1.807, 2.05) is 6.07 Å². The minimum absolute atomic E-state index is 0.0545. The average Bonchev–Trinajstić information content (AvgIpc) is 2.74. The third-order valence-corrected chi connectivity index (χ3v) is 7.99. The summed E-state index contributed by atoms with van der Waals surface area (Å²) in [5.41, 5.74) is 0.232. The largest absolute Gasteiger partial charge is 0.423 e. The maximum atomic E-state index is 14.2. The summed E-state index contributed by atoms with van der Waals surface area (Å²) in [4.78, 5) is 12.9. The molecule has 4 unspecified atom stereocenters. The highest BCUT2D eigenvalue weighted by Gasteiger charge is 2.43. The second kappa shape index (κ2) is 8.86. The molecule has 3 aliphatic carbocycles. The van der Waals surface area contributed by atoms with E-state index in [1.54, 1.807) is 0 Å². The van der Waals surface area contributed by atoms with Crippen LogP contribution in [-0.2, 0) is 4.79 Å². The summed E-state index contributed by atoms with van der Waals surface area (Å²) >= 11 is 0. The van der Waals surface area contributed by atoms with E-state index in [1.165, 1.54) is 57.1 Å². The van der Waals surface area contributed by atoms with Gasteiger partial charge in [0.2, 0.25) is 0 Å². The first-order chi connectivity index (χ1) is 14.0. The van der Waals surface area contributed by atoms with E-state index in [0.717, 1.165) is 43.1 Å². The monoisotopic (exact) mass is 397 g/mol. The number of benzene rings is 1. The number of carbonyl (C=O) groups excluding carboxylic acids is 1. The van der Waals surface area contributed by atoms with E-state index in [9.17, 15) is 9.18 Å². The molecule has 3 nitrogen and oxygen atoms in total. The molecule has 0 saturated heterocycles. The van der Waals surface area contributed by atoms with Gasteiger partial charge < -0.3 is 4.74 Å². The Balaban J connectivity index is 1.38. The lowest BCUT2D eigenvalue weighted by Gasteiger charge is -2.45. The molecule has 0 N–H and O–H groups in total. The SMILES string of the molecule is CC1CCC(C2CCC3C(CCCC3C(=O)Oc3ccc(C#N)cc3F)C2)CC1. The number of esters is 1. The molecular formula is C25H32FNO2. The summed E-state index contributed by atoms with van der Waals surface area (Å²) in [6, 6.07) is 5.92. The van der Waals surface area contributed by atoms with Crippen LogP contribution >= 0.6 is 0 Å². The minimum Gasteiger partial charge on any atom is -0.423 e. The highest BCUT2D eigenvalue weighted by molar-refractivity contribution is 5.75. The fourth-order valence-corrected chi connectivity index (χ4v) is 6.31. The summed E-state index contributed by atoms with van der Waals surface area (Å²) in [6.07, 6.45) is 12.2. The lowest BCUT2D eigenvalue weighted by molar-refractivity contribution is -0.144. The van der Waals surface area contributed by atoms with Crippen molar-refractivity contribution in [3.8, 4) is 11.8 Å². The molecule has 4 rings (SSSR count). The summed E-state index contributed by atoms with van der Waals surface area (Å²) in [5.74, 6) is 2.51. The van der Waals surface area contributed by atoms with Gasteiger partial charge in [0.1, 0.15) is 0 Å². The fraction of sp³-hybridized carbons (Fsp3) is 0.680. The van der Waals surface area contributed by atoms with Gasteiger partial charge in [-0.15, -0.1) is 0 Å². The predicted molar refractivity (Wildman–Crippen MR) is 110 cm³/mol.